The van der Waals surface area contributed by atoms with Gasteiger partial charge in [0.15, 0.2) is 0 Å². The molecule has 0 radical (unpaired) electrons. The molecular weight excluding hydrogens is 246 g/mol. The van der Waals surface area contributed by atoms with E-state index in [9.17, 15) is 0 Å². The Morgan fingerprint density at radius 3 is 2.44 bits per heavy atom. The molecule has 1 fully saturated rings. The van der Waals surface area contributed by atoms with Crippen molar-refractivity contribution in [3.05, 3.63) is 0 Å². The van der Waals surface area contributed by atoms with Gasteiger partial charge in [0, 0.05) is 0 Å². The van der Waals surface area contributed by atoms with Crippen molar-refractivity contribution < 1.29 is 0 Å². The molecule has 0 aliphatic carbocycles. The van der Waals surface area contributed by atoms with Crippen LogP contribution in [0, 0.1) is 0 Å². The molecule has 0 saturated carbocycles. The second-order valence-corrected chi connectivity index (χ2v) is 5.38. The molecule has 0 aromatic rings. The summed E-state index contributed by atoms with van der Waals surface area (Å²) in [5, 5.41) is 2.23. The van der Waals surface area contributed by atoms with Gasteiger partial charge in [-0.25, -0.2) is 0 Å². The van der Waals surface area contributed by atoms with E-state index in [2.05, 4.69) is 42.0 Å². The van der Waals surface area contributed by atoms with Crippen LogP contribution in [0.3, 0.4) is 0 Å². The zero-order chi connectivity index (χ0) is 6.69. The summed E-state index contributed by atoms with van der Waals surface area (Å²) < 4.78 is 1.10. The fraction of sp³-hybridized carbons (Fsp3) is 0.800. The summed E-state index contributed by atoms with van der Waals surface area (Å²) in [5.74, 6) is 0. The van der Waals surface area contributed by atoms with Crippen LogP contribution in [0.25, 0.3) is 0 Å². The monoisotopic (exact) mass is 258 g/mol. The van der Waals surface area contributed by atoms with E-state index < -0.39 is 0 Å². The number of nitrogens with one attached hydrogen (secondary N) is 1. The zero-order valence-corrected chi connectivity index (χ0v) is 8.72. The summed E-state index contributed by atoms with van der Waals surface area (Å²) in [6.45, 7) is 2.37. The number of hydrogen-bond acceptors (Lipinski definition) is 2. The Kier molecular flexibility index (Phi) is 3.23. The molecule has 1 heterocycles. The van der Waals surface area contributed by atoms with Gasteiger partial charge >= 0.3 is 71.4 Å². The van der Waals surface area contributed by atoms with Crippen LogP contribution < -0.4 is 5.43 Å². The van der Waals surface area contributed by atoms with E-state index in [0.717, 1.165) is 3.44 Å². The third-order valence-corrected chi connectivity index (χ3v) is 1.76. The van der Waals surface area contributed by atoms with Crippen molar-refractivity contribution >= 4 is 35.0 Å². The van der Waals surface area contributed by atoms with Gasteiger partial charge in [0.25, 0.3) is 0 Å². The molecule has 0 spiro atoms. The van der Waals surface area contributed by atoms with Gasteiger partial charge in [0.05, 0.1) is 0 Å². The van der Waals surface area contributed by atoms with Crippen LogP contribution in [-0.2, 0) is 0 Å². The van der Waals surface area contributed by atoms with Crippen LogP contribution in [0.15, 0.2) is 0 Å². The van der Waals surface area contributed by atoms with Crippen molar-refractivity contribution in [3.8, 4) is 0 Å². The summed E-state index contributed by atoms with van der Waals surface area (Å²) in [7, 11) is 0. The number of nitrogens with zero attached hydrogens (tertiary/aromatic N) is 1. The third-order valence-electron chi connectivity index (χ3n) is 1.36. The molecule has 2 nitrogen and oxygen atoms in total. The first-order valence-electron chi connectivity index (χ1n) is 3.03. The number of hydrogen-bond donors (Lipinski definition) is 1. The molecule has 1 aliphatic heterocycles. The molecule has 0 bridgehead atoms. The van der Waals surface area contributed by atoms with E-state index in [1.54, 1.807) is 0 Å². The van der Waals surface area contributed by atoms with Crippen molar-refractivity contribution in [2.45, 2.75) is 12.8 Å². The molecule has 1 N–H and O–H groups in total. The molecule has 1 rings (SSSR count). The van der Waals surface area contributed by atoms with Crippen LogP contribution in [-0.4, -0.2) is 53.1 Å². The Morgan fingerprint density at radius 2 is 2.00 bits per heavy atom. The minimum absolute atomic E-state index is 1.10. The molecule has 0 amide bonds. The Bertz CT molecular complexity index is 110. The van der Waals surface area contributed by atoms with Crippen LogP contribution in [0.4, 0.5) is 0 Å². The van der Waals surface area contributed by atoms with E-state index in [0.29, 0.717) is 0 Å². The second kappa shape index (κ2) is 3.74. The second-order valence-electron chi connectivity index (χ2n) is 2.11. The first-order chi connectivity index (χ1) is 4.29. The van der Waals surface area contributed by atoms with Crippen molar-refractivity contribution in [1.82, 2.24) is 10.4 Å². The van der Waals surface area contributed by atoms with E-state index in [-0.39, 0.29) is 0 Å². The van der Waals surface area contributed by atoms with Crippen LogP contribution in [0.1, 0.15) is 12.8 Å². The van der Waals surface area contributed by atoms with Gasteiger partial charge in [0.1, 0.15) is 0 Å². The van der Waals surface area contributed by atoms with E-state index in [1.807, 2.05) is 0 Å². The van der Waals surface area contributed by atoms with Crippen LogP contribution in [0.5, 0.6) is 0 Å². The summed E-state index contributed by atoms with van der Waals surface area (Å²) in [4.78, 5) is 0. The maximum absolute atomic E-state index is 3.21. The summed E-state index contributed by atoms with van der Waals surface area (Å²) in [6.07, 6.45) is 2.65. The molecule has 0 unspecified atom stereocenters. The van der Waals surface area contributed by atoms with Gasteiger partial charge in [-0.2, -0.15) is 0 Å². The molecule has 1 saturated heterocycles. The van der Waals surface area contributed by atoms with Crippen molar-refractivity contribution in [3.63, 3.8) is 0 Å². The van der Waals surface area contributed by atoms with Gasteiger partial charge < -0.3 is 0 Å². The summed E-state index contributed by atoms with van der Waals surface area (Å²) in [6, 6.07) is 0. The topological polar surface area (TPSA) is 15.3 Å². The van der Waals surface area contributed by atoms with Gasteiger partial charge in [-0.15, -0.1) is 0 Å². The molecule has 1 aliphatic rings. The predicted octanol–water partition coefficient (Wildman–Crippen LogP) is -1.26. The normalized spacial score (nSPS) is 20.1. The van der Waals surface area contributed by atoms with Gasteiger partial charge in [-0.05, 0) is 0 Å². The molecule has 0 aromatic heterocycles. The van der Waals surface area contributed by atoms with Gasteiger partial charge in [-0.1, -0.05) is 0 Å². The third kappa shape index (κ3) is 2.83. The quantitative estimate of drug-likeness (QED) is 0.621. The van der Waals surface area contributed by atoms with Crippen molar-refractivity contribution in [2.75, 3.05) is 13.1 Å². The SMILES string of the molecule is [Se]=C([SeH])NN1CCCC1. The summed E-state index contributed by atoms with van der Waals surface area (Å²) >= 11 is 5.36. The Hall–Kier alpha value is 0.669. The van der Waals surface area contributed by atoms with Crippen LogP contribution in [0.2, 0.25) is 0 Å². The Balaban J connectivity index is 2.19. The average molecular weight is 256 g/mol. The Morgan fingerprint density at radius 1 is 1.44 bits per heavy atom. The first kappa shape index (κ1) is 7.77. The van der Waals surface area contributed by atoms with Crippen molar-refractivity contribution in [2.24, 2.45) is 0 Å². The molecule has 0 aromatic carbocycles. The van der Waals surface area contributed by atoms with Gasteiger partial charge in [0.2, 0.25) is 0 Å². The predicted molar refractivity (Wildman–Crippen MR) is 41.9 cm³/mol. The Labute approximate surface area is 71.5 Å². The van der Waals surface area contributed by atoms with E-state index in [1.165, 1.54) is 25.9 Å². The summed E-state index contributed by atoms with van der Waals surface area (Å²) in [5.41, 5.74) is 3.21. The minimum atomic E-state index is 1.10. The maximum atomic E-state index is 3.21. The molecule has 4 heteroatoms. The number of hydrazine groups is 1. The fourth-order valence-electron chi connectivity index (χ4n) is 0.964. The van der Waals surface area contributed by atoms with Crippen LogP contribution >= 0.6 is 0 Å². The molecule has 9 heavy (non-hydrogen) atoms. The number of rotatable bonds is 2. The van der Waals surface area contributed by atoms with E-state index in [4.69, 9.17) is 0 Å². The first-order valence-corrected chi connectivity index (χ1v) is 4.83. The standard InChI is InChI=1S/C5H10N2Se2/c8-5(9)6-7-3-1-2-4-7/h1-4H2,(H2,6,8,9). The fourth-order valence-corrected chi connectivity index (χ4v) is 1.53. The average Bonchev–Trinajstić information content (AvgIpc) is 2.15. The molecule has 0 atom stereocenters. The van der Waals surface area contributed by atoms with Crippen molar-refractivity contribution in [1.29, 1.82) is 0 Å². The van der Waals surface area contributed by atoms with Gasteiger partial charge in [-0.3, -0.25) is 0 Å². The van der Waals surface area contributed by atoms with E-state index >= 15 is 0 Å². The zero-order valence-electron chi connectivity index (χ0n) is 5.13. The molecule has 52 valence electrons. The molecular formula is C5H10N2Se2.